The zero-order valence-electron chi connectivity index (χ0n) is 9.59. The topological polar surface area (TPSA) is 33.3 Å². The Morgan fingerprint density at radius 3 is 2.82 bits per heavy atom. The van der Waals surface area contributed by atoms with Gasteiger partial charge in [-0.1, -0.05) is 11.6 Å². The molecule has 6 heteroatoms. The number of anilines is 1. The van der Waals surface area contributed by atoms with E-state index in [9.17, 15) is 4.39 Å². The van der Waals surface area contributed by atoms with Crippen LogP contribution in [0.15, 0.2) is 18.2 Å². The number of thiocarbonyl (C=S) groups is 1. The molecule has 0 radical (unpaired) electrons. The maximum atomic E-state index is 13.1. The van der Waals surface area contributed by atoms with E-state index in [1.807, 2.05) is 6.92 Å². The fourth-order valence-electron chi connectivity index (χ4n) is 1.31. The fourth-order valence-corrected chi connectivity index (χ4v) is 1.85. The number of ether oxygens (including phenoxy) is 1. The third-order valence-corrected chi connectivity index (χ3v) is 2.35. The molecule has 0 heterocycles. The SMILES string of the molecule is COCC(C)NC(=S)Nc1cc(F)cc(Cl)c1. The van der Waals surface area contributed by atoms with Crippen molar-refractivity contribution in [2.45, 2.75) is 13.0 Å². The van der Waals surface area contributed by atoms with Crippen LogP contribution >= 0.6 is 23.8 Å². The van der Waals surface area contributed by atoms with Crippen LogP contribution in [0.2, 0.25) is 5.02 Å². The minimum atomic E-state index is -0.410. The van der Waals surface area contributed by atoms with Gasteiger partial charge in [0.05, 0.1) is 6.61 Å². The van der Waals surface area contributed by atoms with Crippen LogP contribution in [0.25, 0.3) is 0 Å². The lowest BCUT2D eigenvalue weighted by Crippen LogP contribution is -2.38. The van der Waals surface area contributed by atoms with Crippen LogP contribution in [0, 0.1) is 5.82 Å². The first-order valence-electron chi connectivity index (χ1n) is 5.04. The molecule has 0 aliphatic carbocycles. The lowest BCUT2D eigenvalue weighted by Gasteiger charge is -2.16. The molecule has 3 nitrogen and oxygen atoms in total. The molecule has 1 atom stereocenters. The Bertz CT molecular complexity index is 383. The van der Waals surface area contributed by atoms with Crippen molar-refractivity contribution in [3.05, 3.63) is 29.0 Å². The molecular formula is C11H14ClFN2OS. The van der Waals surface area contributed by atoms with Gasteiger partial charge in [0, 0.05) is 23.9 Å². The first kappa shape index (κ1) is 14.2. The van der Waals surface area contributed by atoms with E-state index >= 15 is 0 Å². The third-order valence-electron chi connectivity index (χ3n) is 1.91. The summed E-state index contributed by atoms with van der Waals surface area (Å²) < 4.78 is 18.0. The van der Waals surface area contributed by atoms with Gasteiger partial charge in [-0.3, -0.25) is 0 Å². The molecule has 0 aromatic heterocycles. The van der Waals surface area contributed by atoms with Gasteiger partial charge in [-0.15, -0.1) is 0 Å². The largest absolute Gasteiger partial charge is 0.383 e. The second kappa shape index (κ2) is 6.74. The molecule has 1 unspecified atom stereocenters. The summed E-state index contributed by atoms with van der Waals surface area (Å²) in [5.74, 6) is -0.410. The summed E-state index contributed by atoms with van der Waals surface area (Å²) in [6.07, 6.45) is 0. The number of halogens is 2. The molecule has 2 N–H and O–H groups in total. The predicted molar refractivity (Wildman–Crippen MR) is 72.1 cm³/mol. The van der Waals surface area contributed by atoms with Crippen molar-refractivity contribution in [3.63, 3.8) is 0 Å². The summed E-state index contributed by atoms with van der Waals surface area (Å²) in [4.78, 5) is 0. The van der Waals surface area contributed by atoms with E-state index in [4.69, 9.17) is 28.6 Å². The van der Waals surface area contributed by atoms with Gasteiger partial charge in [0.2, 0.25) is 0 Å². The van der Waals surface area contributed by atoms with Crippen LogP contribution in [0.3, 0.4) is 0 Å². The smallest absolute Gasteiger partial charge is 0.171 e. The Hall–Kier alpha value is -0.910. The summed E-state index contributed by atoms with van der Waals surface area (Å²) in [5, 5.41) is 6.57. The van der Waals surface area contributed by atoms with E-state index < -0.39 is 5.82 Å². The van der Waals surface area contributed by atoms with Crippen molar-refractivity contribution in [1.82, 2.24) is 5.32 Å². The molecule has 0 amide bonds. The average molecular weight is 277 g/mol. The summed E-state index contributed by atoms with van der Waals surface area (Å²) >= 11 is 10.8. The van der Waals surface area contributed by atoms with Crippen LogP contribution in [0.4, 0.5) is 10.1 Å². The van der Waals surface area contributed by atoms with E-state index in [-0.39, 0.29) is 6.04 Å². The maximum absolute atomic E-state index is 13.1. The second-order valence-corrected chi connectivity index (χ2v) is 4.46. The van der Waals surface area contributed by atoms with Gasteiger partial charge in [-0.2, -0.15) is 0 Å². The number of rotatable bonds is 4. The molecule has 1 aromatic rings. The molecular weight excluding hydrogens is 263 g/mol. The first-order chi connectivity index (χ1) is 8.01. The van der Waals surface area contributed by atoms with Gasteiger partial charge in [-0.05, 0) is 37.3 Å². The van der Waals surface area contributed by atoms with Crippen LogP contribution in [0.1, 0.15) is 6.92 Å². The van der Waals surface area contributed by atoms with Gasteiger partial charge in [0.25, 0.3) is 0 Å². The number of hydrogen-bond acceptors (Lipinski definition) is 2. The van der Waals surface area contributed by atoms with E-state index in [1.54, 1.807) is 13.2 Å². The Kier molecular flexibility index (Phi) is 5.61. The Morgan fingerprint density at radius 1 is 1.53 bits per heavy atom. The minimum Gasteiger partial charge on any atom is -0.383 e. The van der Waals surface area contributed by atoms with Gasteiger partial charge in [-0.25, -0.2) is 4.39 Å². The van der Waals surface area contributed by atoms with Crippen molar-refractivity contribution in [1.29, 1.82) is 0 Å². The summed E-state index contributed by atoms with van der Waals surface area (Å²) in [6.45, 7) is 2.46. The molecule has 0 bridgehead atoms. The zero-order valence-corrected chi connectivity index (χ0v) is 11.2. The van der Waals surface area contributed by atoms with Crippen LogP contribution in [0.5, 0.6) is 0 Å². The number of methoxy groups -OCH3 is 1. The Labute approximate surface area is 110 Å². The van der Waals surface area contributed by atoms with Gasteiger partial charge in [0.15, 0.2) is 5.11 Å². The van der Waals surface area contributed by atoms with E-state index in [1.165, 1.54) is 12.1 Å². The molecule has 0 aliphatic heterocycles. The monoisotopic (exact) mass is 276 g/mol. The van der Waals surface area contributed by atoms with Crippen molar-refractivity contribution in [2.24, 2.45) is 0 Å². The number of nitrogens with one attached hydrogen (secondary N) is 2. The highest BCUT2D eigenvalue weighted by atomic mass is 35.5. The highest BCUT2D eigenvalue weighted by Crippen LogP contribution is 2.17. The predicted octanol–water partition coefficient (Wildman–Crippen LogP) is 2.80. The van der Waals surface area contributed by atoms with Gasteiger partial charge in [0.1, 0.15) is 5.82 Å². The number of hydrogen-bond donors (Lipinski definition) is 2. The Morgan fingerprint density at radius 2 is 2.24 bits per heavy atom. The molecule has 1 aromatic carbocycles. The van der Waals surface area contributed by atoms with Crippen molar-refractivity contribution < 1.29 is 9.13 Å². The summed E-state index contributed by atoms with van der Waals surface area (Å²) in [6, 6.07) is 4.22. The standard InChI is InChI=1S/C11H14ClFN2OS/c1-7(6-16-2)14-11(17)15-10-4-8(12)3-9(13)5-10/h3-5,7H,6H2,1-2H3,(H2,14,15,17). The van der Waals surface area contributed by atoms with Gasteiger partial charge >= 0.3 is 0 Å². The zero-order chi connectivity index (χ0) is 12.8. The molecule has 0 saturated heterocycles. The van der Waals surface area contributed by atoms with E-state index in [2.05, 4.69) is 10.6 Å². The third kappa shape index (κ3) is 5.30. The average Bonchev–Trinajstić information content (AvgIpc) is 2.14. The molecule has 17 heavy (non-hydrogen) atoms. The van der Waals surface area contributed by atoms with Crippen molar-refractivity contribution in [3.8, 4) is 0 Å². The van der Waals surface area contributed by atoms with E-state index in [0.717, 1.165) is 0 Å². The second-order valence-electron chi connectivity index (χ2n) is 3.61. The normalized spacial score (nSPS) is 12.0. The van der Waals surface area contributed by atoms with Gasteiger partial charge < -0.3 is 15.4 Å². The molecule has 0 fully saturated rings. The summed E-state index contributed by atoms with van der Waals surface area (Å²) in [5.41, 5.74) is 0.511. The van der Waals surface area contributed by atoms with Crippen LogP contribution in [-0.2, 0) is 4.74 Å². The van der Waals surface area contributed by atoms with Crippen molar-refractivity contribution in [2.75, 3.05) is 19.0 Å². The van der Waals surface area contributed by atoms with E-state index in [0.29, 0.717) is 22.4 Å². The molecule has 0 spiro atoms. The lowest BCUT2D eigenvalue weighted by atomic mass is 10.3. The molecule has 94 valence electrons. The maximum Gasteiger partial charge on any atom is 0.171 e. The summed E-state index contributed by atoms with van der Waals surface area (Å²) in [7, 11) is 1.61. The fraction of sp³-hybridized carbons (Fsp3) is 0.364. The highest BCUT2D eigenvalue weighted by Gasteiger charge is 2.05. The highest BCUT2D eigenvalue weighted by molar-refractivity contribution is 7.80. The molecule has 1 rings (SSSR count). The van der Waals surface area contributed by atoms with Crippen LogP contribution in [-0.4, -0.2) is 24.9 Å². The van der Waals surface area contributed by atoms with Crippen LogP contribution < -0.4 is 10.6 Å². The molecule has 0 aliphatic rings. The Balaban J connectivity index is 2.56. The first-order valence-corrected chi connectivity index (χ1v) is 5.82. The minimum absolute atomic E-state index is 0.0732. The van der Waals surface area contributed by atoms with Crippen molar-refractivity contribution >= 4 is 34.6 Å². The number of benzene rings is 1. The lowest BCUT2D eigenvalue weighted by molar-refractivity contribution is 0.179. The molecule has 0 saturated carbocycles. The quantitative estimate of drug-likeness (QED) is 0.829.